The van der Waals surface area contributed by atoms with Gasteiger partial charge in [0.1, 0.15) is 0 Å². The van der Waals surface area contributed by atoms with Crippen molar-refractivity contribution in [1.29, 1.82) is 0 Å². The third kappa shape index (κ3) is 3.22. The summed E-state index contributed by atoms with van der Waals surface area (Å²) in [5.41, 5.74) is 10.4. The van der Waals surface area contributed by atoms with E-state index in [1.807, 2.05) is 11.3 Å². The van der Waals surface area contributed by atoms with Crippen molar-refractivity contribution in [3.05, 3.63) is 38.8 Å². The Labute approximate surface area is 131 Å². The number of rotatable bonds is 4. The molecule has 0 aliphatic heterocycles. The largest absolute Gasteiger partial charge is 0.323 e. The van der Waals surface area contributed by atoms with Crippen LogP contribution in [0.2, 0.25) is 0 Å². The van der Waals surface area contributed by atoms with Crippen LogP contribution >= 0.6 is 11.3 Å². The lowest BCUT2D eigenvalue weighted by Crippen LogP contribution is -2.15. The van der Waals surface area contributed by atoms with Gasteiger partial charge in [-0.05, 0) is 57.2 Å². The molecule has 2 aromatic heterocycles. The van der Waals surface area contributed by atoms with E-state index >= 15 is 0 Å². The molecule has 1 atom stereocenters. The van der Waals surface area contributed by atoms with Crippen molar-refractivity contribution in [1.82, 2.24) is 9.78 Å². The predicted molar refractivity (Wildman–Crippen MR) is 88.8 cm³/mol. The Balaban J connectivity index is 1.77. The van der Waals surface area contributed by atoms with Crippen molar-refractivity contribution in [3.63, 3.8) is 0 Å². The summed E-state index contributed by atoms with van der Waals surface area (Å²) in [4.78, 5) is 2.93. The van der Waals surface area contributed by atoms with E-state index in [1.54, 1.807) is 10.4 Å². The fourth-order valence-corrected chi connectivity index (χ4v) is 4.50. The van der Waals surface area contributed by atoms with E-state index in [9.17, 15) is 0 Å². The molecule has 3 rings (SSSR count). The minimum Gasteiger partial charge on any atom is -0.323 e. The van der Waals surface area contributed by atoms with Crippen LogP contribution < -0.4 is 5.73 Å². The second-order valence-electron chi connectivity index (χ2n) is 6.06. The summed E-state index contributed by atoms with van der Waals surface area (Å²) < 4.78 is 2.08. The highest BCUT2D eigenvalue weighted by atomic mass is 32.1. The third-order valence-electron chi connectivity index (χ3n) is 4.35. The second-order valence-corrected chi connectivity index (χ2v) is 7.23. The summed E-state index contributed by atoms with van der Waals surface area (Å²) >= 11 is 1.94. The number of thiophene rings is 1. The molecule has 2 heterocycles. The summed E-state index contributed by atoms with van der Waals surface area (Å²) in [5, 5.41) is 4.52. The first kappa shape index (κ1) is 14.8. The van der Waals surface area contributed by atoms with Crippen molar-refractivity contribution in [2.24, 2.45) is 5.73 Å². The molecule has 114 valence electrons. The summed E-state index contributed by atoms with van der Waals surface area (Å²) in [7, 11) is 0. The van der Waals surface area contributed by atoms with E-state index in [0.29, 0.717) is 0 Å². The number of fused-ring (bicyclic) bond motifs is 1. The molecular weight excluding hydrogens is 278 g/mol. The van der Waals surface area contributed by atoms with E-state index in [2.05, 4.69) is 35.8 Å². The van der Waals surface area contributed by atoms with Gasteiger partial charge in [-0.15, -0.1) is 11.3 Å². The molecule has 0 bridgehead atoms. The molecular formula is C17H25N3S. The van der Waals surface area contributed by atoms with Gasteiger partial charge in [-0.2, -0.15) is 5.10 Å². The molecule has 4 heteroatoms. The van der Waals surface area contributed by atoms with Crippen molar-refractivity contribution in [3.8, 4) is 0 Å². The van der Waals surface area contributed by atoms with Gasteiger partial charge < -0.3 is 5.73 Å². The minimum atomic E-state index is 0.100. The molecule has 0 saturated heterocycles. The van der Waals surface area contributed by atoms with Crippen LogP contribution in [-0.4, -0.2) is 9.78 Å². The van der Waals surface area contributed by atoms with Gasteiger partial charge in [0.2, 0.25) is 0 Å². The molecule has 0 aromatic carbocycles. The first-order chi connectivity index (χ1) is 10.2. The first-order valence-electron chi connectivity index (χ1n) is 8.07. The maximum absolute atomic E-state index is 6.48. The molecule has 2 N–H and O–H groups in total. The fraction of sp³-hybridized carbons (Fsp3) is 0.588. The highest BCUT2D eigenvalue weighted by Gasteiger charge is 2.18. The van der Waals surface area contributed by atoms with Crippen LogP contribution in [0.15, 0.2) is 12.1 Å². The first-order valence-corrected chi connectivity index (χ1v) is 8.89. The normalized spacial score (nSPS) is 16.5. The molecule has 0 fully saturated rings. The molecule has 1 aliphatic carbocycles. The molecule has 21 heavy (non-hydrogen) atoms. The summed E-state index contributed by atoms with van der Waals surface area (Å²) in [6.45, 7) is 5.10. The summed E-state index contributed by atoms with van der Waals surface area (Å²) in [6, 6.07) is 4.64. The lowest BCUT2D eigenvalue weighted by molar-refractivity contribution is 0.590. The molecule has 0 saturated carbocycles. The minimum absolute atomic E-state index is 0.100. The van der Waals surface area contributed by atoms with Crippen LogP contribution in [0.25, 0.3) is 0 Å². The predicted octanol–water partition coefficient (Wildman–Crippen LogP) is 3.78. The van der Waals surface area contributed by atoms with Gasteiger partial charge in [-0.25, -0.2) is 0 Å². The molecule has 1 unspecified atom stereocenters. The zero-order chi connectivity index (χ0) is 14.8. The van der Waals surface area contributed by atoms with E-state index in [0.717, 1.165) is 18.7 Å². The molecule has 0 spiro atoms. The smallest absolute Gasteiger partial charge is 0.0596 e. The highest BCUT2D eigenvalue weighted by Crippen LogP contribution is 2.32. The fourth-order valence-electron chi connectivity index (χ4n) is 3.24. The van der Waals surface area contributed by atoms with Crippen molar-refractivity contribution in [2.75, 3.05) is 0 Å². The van der Waals surface area contributed by atoms with Gasteiger partial charge in [-0.3, -0.25) is 4.68 Å². The van der Waals surface area contributed by atoms with Gasteiger partial charge in [0.05, 0.1) is 5.69 Å². The number of nitrogens with two attached hydrogens (primary N) is 1. The second kappa shape index (κ2) is 6.32. The van der Waals surface area contributed by atoms with E-state index < -0.39 is 0 Å². The third-order valence-corrected chi connectivity index (χ3v) is 5.71. The van der Waals surface area contributed by atoms with Crippen molar-refractivity contribution < 1.29 is 0 Å². The number of aryl methyl sites for hydroxylation is 4. The van der Waals surface area contributed by atoms with Gasteiger partial charge in [-0.1, -0.05) is 6.42 Å². The lowest BCUT2D eigenvalue weighted by atomic mass is 10.1. The zero-order valence-corrected chi connectivity index (χ0v) is 13.9. The number of nitrogens with zero attached hydrogens (tertiary/aromatic N) is 2. The Hall–Kier alpha value is -1.13. The SMILES string of the molecule is CCn1nc(C)cc1CC(N)c1cc2c(s1)CCCCC2. The van der Waals surface area contributed by atoms with Gasteiger partial charge in [0, 0.05) is 34.5 Å². The van der Waals surface area contributed by atoms with Gasteiger partial charge in [0.15, 0.2) is 0 Å². The Bertz CT molecular complexity index is 588. The highest BCUT2D eigenvalue weighted by molar-refractivity contribution is 7.12. The quantitative estimate of drug-likeness (QED) is 0.873. The molecule has 0 radical (unpaired) electrons. The lowest BCUT2D eigenvalue weighted by Gasteiger charge is -2.10. The van der Waals surface area contributed by atoms with Crippen LogP contribution in [0.1, 0.15) is 58.9 Å². The van der Waals surface area contributed by atoms with Crippen LogP contribution in [0.3, 0.4) is 0 Å². The molecule has 2 aromatic rings. The summed E-state index contributed by atoms with van der Waals surface area (Å²) in [5.74, 6) is 0. The van der Waals surface area contributed by atoms with Crippen molar-refractivity contribution >= 4 is 11.3 Å². The number of hydrogen-bond acceptors (Lipinski definition) is 3. The van der Waals surface area contributed by atoms with E-state index in [-0.39, 0.29) is 6.04 Å². The number of hydrogen-bond donors (Lipinski definition) is 1. The number of aromatic nitrogens is 2. The standard InChI is InChI=1S/C17H25N3S/c1-3-20-14(9-12(2)19-20)11-15(18)17-10-13-7-5-4-6-8-16(13)21-17/h9-10,15H,3-8,11,18H2,1-2H3. The average Bonchev–Trinajstić information content (AvgIpc) is 2.96. The van der Waals surface area contributed by atoms with Crippen LogP contribution in [0.4, 0.5) is 0 Å². The van der Waals surface area contributed by atoms with E-state index in [1.165, 1.54) is 42.7 Å². The van der Waals surface area contributed by atoms with Crippen molar-refractivity contribution in [2.45, 2.75) is 65.0 Å². The average molecular weight is 303 g/mol. The Morgan fingerprint density at radius 1 is 1.29 bits per heavy atom. The topological polar surface area (TPSA) is 43.8 Å². The maximum atomic E-state index is 6.48. The maximum Gasteiger partial charge on any atom is 0.0596 e. The Kier molecular flexibility index (Phi) is 4.45. The Morgan fingerprint density at radius 3 is 2.90 bits per heavy atom. The summed E-state index contributed by atoms with van der Waals surface area (Å²) in [6.07, 6.45) is 7.42. The van der Waals surface area contributed by atoms with Crippen LogP contribution in [-0.2, 0) is 25.8 Å². The molecule has 0 amide bonds. The van der Waals surface area contributed by atoms with E-state index in [4.69, 9.17) is 5.73 Å². The van der Waals surface area contributed by atoms with Crippen LogP contribution in [0.5, 0.6) is 0 Å². The molecule has 3 nitrogen and oxygen atoms in total. The van der Waals surface area contributed by atoms with Gasteiger partial charge in [0.25, 0.3) is 0 Å². The Morgan fingerprint density at radius 2 is 2.10 bits per heavy atom. The monoisotopic (exact) mass is 303 g/mol. The van der Waals surface area contributed by atoms with Gasteiger partial charge >= 0.3 is 0 Å². The molecule has 1 aliphatic rings. The van der Waals surface area contributed by atoms with Crippen LogP contribution in [0, 0.1) is 6.92 Å². The zero-order valence-electron chi connectivity index (χ0n) is 13.1.